The van der Waals surface area contributed by atoms with Crippen LogP contribution in [-0.4, -0.2) is 25.5 Å². The molecule has 3 N–H and O–H groups in total. The van der Waals surface area contributed by atoms with Gasteiger partial charge in [-0.15, -0.1) is 0 Å². The molecule has 1 rings (SSSR count). The number of amides is 1. The van der Waals surface area contributed by atoms with Crippen molar-refractivity contribution in [1.82, 2.24) is 0 Å². The second-order valence-corrected chi connectivity index (χ2v) is 3.74. The number of esters is 1. The molecule has 104 valence electrons. The number of benzene rings is 1. The molecule has 0 heterocycles. The summed E-state index contributed by atoms with van der Waals surface area (Å²) in [5, 5.41) is 2.25. The molecule has 1 amide bonds. The van der Waals surface area contributed by atoms with Crippen molar-refractivity contribution < 1.29 is 23.1 Å². The Morgan fingerprint density at radius 1 is 1.32 bits per heavy atom. The number of rotatable bonds is 5. The highest BCUT2D eigenvalue weighted by atomic mass is 19.1. The molecule has 0 radical (unpaired) electrons. The molecule has 1 aromatic carbocycles. The van der Waals surface area contributed by atoms with Crippen molar-refractivity contribution in [3.8, 4) is 0 Å². The second-order valence-electron chi connectivity index (χ2n) is 3.74. The highest BCUT2D eigenvalue weighted by Gasteiger charge is 2.17. The van der Waals surface area contributed by atoms with E-state index in [0.29, 0.717) is 19.0 Å². The van der Waals surface area contributed by atoms with E-state index >= 15 is 0 Å². The van der Waals surface area contributed by atoms with Gasteiger partial charge in [-0.1, -0.05) is 0 Å². The number of halogens is 2. The number of nitrogens with one attached hydrogen (secondary N) is 1. The Balaban J connectivity index is 2.95. The first-order valence-corrected chi connectivity index (χ1v) is 5.57. The lowest BCUT2D eigenvalue weighted by molar-refractivity contribution is -0.116. The first kappa shape index (κ1) is 15.0. The van der Waals surface area contributed by atoms with Crippen molar-refractivity contribution in [3.63, 3.8) is 0 Å². The molecular formula is C12H14F2N2O3. The maximum absolute atomic E-state index is 13.4. The van der Waals surface area contributed by atoms with Crippen LogP contribution in [0, 0.1) is 11.6 Å². The fraction of sp³-hybridized carbons (Fsp3) is 0.333. The normalized spacial score (nSPS) is 10.1. The summed E-state index contributed by atoms with van der Waals surface area (Å²) in [6.07, 6.45) is 0.555. The van der Waals surface area contributed by atoms with E-state index < -0.39 is 29.1 Å². The predicted molar refractivity (Wildman–Crippen MR) is 64.6 cm³/mol. The Bertz CT molecular complexity index is 492. The molecule has 0 spiro atoms. The van der Waals surface area contributed by atoms with Crippen LogP contribution in [0.15, 0.2) is 12.1 Å². The lowest BCUT2D eigenvalue weighted by Gasteiger charge is -2.08. The third-order valence-electron chi connectivity index (χ3n) is 2.34. The number of ether oxygens (including phenoxy) is 1. The maximum atomic E-state index is 13.4. The van der Waals surface area contributed by atoms with Crippen molar-refractivity contribution >= 4 is 17.6 Å². The summed E-state index contributed by atoms with van der Waals surface area (Å²) in [5.74, 6) is -3.43. The van der Waals surface area contributed by atoms with Gasteiger partial charge in [-0.05, 0) is 19.0 Å². The van der Waals surface area contributed by atoms with Gasteiger partial charge in [0.1, 0.15) is 11.6 Å². The fourth-order valence-electron chi connectivity index (χ4n) is 1.39. The molecular weight excluding hydrogens is 258 g/mol. The predicted octanol–water partition coefficient (Wildman–Crippen LogP) is 1.43. The van der Waals surface area contributed by atoms with Crippen LogP contribution in [0.25, 0.3) is 0 Å². The van der Waals surface area contributed by atoms with Gasteiger partial charge < -0.3 is 15.8 Å². The SMILES string of the molecule is COC(=O)c1cc(NC(=O)CCCN)c(F)cc1F. The molecule has 0 aliphatic rings. The molecule has 0 fully saturated rings. The van der Waals surface area contributed by atoms with Gasteiger partial charge in [-0.25, -0.2) is 13.6 Å². The Kier molecular flexibility index (Phi) is 5.37. The average Bonchev–Trinajstić information content (AvgIpc) is 2.38. The van der Waals surface area contributed by atoms with E-state index in [9.17, 15) is 18.4 Å². The van der Waals surface area contributed by atoms with Crippen molar-refractivity contribution in [1.29, 1.82) is 0 Å². The molecule has 0 aliphatic carbocycles. The van der Waals surface area contributed by atoms with E-state index in [4.69, 9.17) is 5.73 Å². The standard InChI is InChI=1S/C12H14F2N2O3/c1-19-12(18)7-5-10(9(14)6-8(7)13)16-11(17)3-2-4-15/h5-6H,2-4,15H2,1H3,(H,16,17). The summed E-state index contributed by atoms with van der Waals surface area (Å²) in [4.78, 5) is 22.7. The highest BCUT2D eigenvalue weighted by Crippen LogP contribution is 2.20. The van der Waals surface area contributed by atoms with E-state index in [0.717, 1.165) is 13.2 Å². The number of carbonyl (C=O) groups excluding carboxylic acids is 2. The lowest BCUT2D eigenvalue weighted by Crippen LogP contribution is -2.15. The van der Waals surface area contributed by atoms with Gasteiger partial charge in [0.15, 0.2) is 0 Å². The molecule has 0 atom stereocenters. The van der Waals surface area contributed by atoms with Crippen LogP contribution in [0.2, 0.25) is 0 Å². The molecule has 0 unspecified atom stereocenters. The zero-order chi connectivity index (χ0) is 14.4. The van der Waals surface area contributed by atoms with Gasteiger partial charge in [0.25, 0.3) is 0 Å². The highest BCUT2D eigenvalue weighted by molar-refractivity contribution is 5.94. The van der Waals surface area contributed by atoms with Gasteiger partial charge in [-0.3, -0.25) is 4.79 Å². The Morgan fingerprint density at radius 3 is 2.58 bits per heavy atom. The number of hydrogen-bond donors (Lipinski definition) is 2. The quantitative estimate of drug-likeness (QED) is 0.794. The van der Waals surface area contributed by atoms with Crippen LogP contribution in [0.3, 0.4) is 0 Å². The van der Waals surface area contributed by atoms with Crippen molar-refractivity contribution in [3.05, 3.63) is 29.3 Å². The summed E-state index contributed by atoms with van der Waals surface area (Å²) < 4.78 is 31.1. The van der Waals surface area contributed by atoms with Crippen LogP contribution in [0.4, 0.5) is 14.5 Å². The topological polar surface area (TPSA) is 81.4 Å². The molecule has 7 heteroatoms. The van der Waals surface area contributed by atoms with Crippen molar-refractivity contribution in [2.24, 2.45) is 5.73 Å². The number of methoxy groups -OCH3 is 1. The molecule has 1 aromatic rings. The van der Waals surface area contributed by atoms with Crippen LogP contribution in [0.5, 0.6) is 0 Å². The Labute approximate surface area is 108 Å². The molecule has 0 bridgehead atoms. The van der Waals surface area contributed by atoms with Crippen molar-refractivity contribution in [2.75, 3.05) is 19.0 Å². The Hall–Kier alpha value is -2.02. The summed E-state index contributed by atoms with van der Waals surface area (Å²) in [7, 11) is 1.07. The zero-order valence-corrected chi connectivity index (χ0v) is 10.3. The van der Waals surface area contributed by atoms with E-state index in [1.54, 1.807) is 0 Å². The third-order valence-corrected chi connectivity index (χ3v) is 2.34. The van der Waals surface area contributed by atoms with E-state index in [1.165, 1.54) is 0 Å². The summed E-state index contributed by atoms with van der Waals surface area (Å²) >= 11 is 0. The van der Waals surface area contributed by atoms with Gasteiger partial charge in [0.05, 0.1) is 18.4 Å². The number of anilines is 1. The third kappa shape index (κ3) is 3.99. The van der Waals surface area contributed by atoms with E-state index in [2.05, 4.69) is 10.1 Å². The monoisotopic (exact) mass is 272 g/mol. The lowest BCUT2D eigenvalue weighted by atomic mass is 10.1. The zero-order valence-electron chi connectivity index (χ0n) is 10.3. The smallest absolute Gasteiger partial charge is 0.340 e. The minimum Gasteiger partial charge on any atom is -0.465 e. The molecule has 0 aliphatic heterocycles. The van der Waals surface area contributed by atoms with Crippen molar-refractivity contribution in [2.45, 2.75) is 12.8 Å². The summed E-state index contributed by atoms with van der Waals surface area (Å²) in [5.41, 5.74) is 4.52. The Morgan fingerprint density at radius 2 is 2.00 bits per heavy atom. The van der Waals surface area contributed by atoms with Gasteiger partial charge >= 0.3 is 5.97 Å². The first-order valence-electron chi connectivity index (χ1n) is 5.57. The molecule has 0 saturated heterocycles. The summed E-state index contributed by atoms with van der Waals surface area (Å²) in [6, 6.07) is 1.42. The number of nitrogens with two attached hydrogens (primary N) is 1. The van der Waals surface area contributed by atoms with E-state index in [-0.39, 0.29) is 12.1 Å². The maximum Gasteiger partial charge on any atom is 0.340 e. The largest absolute Gasteiger partial charge is 0.465 e. The van der Waals surface area contributed by atoms with Crippen LogP contribution in [-0.2, 0) is 9.53 Å². The van der Waals surface area contributed by atoms with Crippen LogP contribution >= 0.6 is 0 Å². The molecule has 19 heavy (non-hydrogen) atoms. The fourth-order valence-corrected chi connectivity index (χ4v) is 1.39. The van der Waals surface area contributed by atoms with E-state index in [1.807, 2.05) is 0 Å². The van der Waals surface area contributed by atoms with Gasteiger partial charge in [-0.2, -0.15) is 0 Å². The van der Waals surface area contributed by atoms with Gasteiger partial charge in [0.2, 0.25) is 5.91 Å². The van der Waals surface area contributed by atoms with Crippen LogP contribution < -0.4 is 11.1 Å². The average molecular weight is 272 g/mol. The summed E-state index contributed by atoms with van der Waals surface area (Å²) in [6.45, 7) is 0.326. The molecule has 5 nitrogen and oxygen atoms in total. The molecule has 0 aromatic heterocycles. The first-order chi connectivity index (χ1) is 8.99. The number of hydrogen-bond acceptors (Lipinski definition) is 4. The number of carbonyl (C=O) groups is 2. The van der Waals surface area contributed by atoms with Gasteiger partial charge in [0, 0.05) is 12.5 Å². The minimum absolute atomic E-state index is 0.112. The minimum atomic E-state index is -1.05. The second kappa shape index (κ2) is 6.79. The molecule has 0 saturated carbocycles. The van der Waals surface area contributed by atoms with Crippen LogP contribution in [0.1, 0.15) is 23.2 Å².